The van der Waals surface area contributed by atoms with Crippen LogP contribution in [-0.2, 0) is 16.1 Å². The van der Waals surface area contributed by atoms with Crippen molar-refractivity contribution in [3.8, 4) is 0 Å². The smallest absolute Gasteiger partial charge is 0.303 e. The second kappa shape index (κ2) is 6.57. The summed E-state index contributed by atoms with van der Waals surface area (Å²) in [6.45, 7) is 0.644. The van der Waals surface area contributed by atoms with Crippen molar-refractivity contribution in [2.75, 3.05) is 0 Å². The fourth-order valence-electron chi connectivity index (χ4n) is 4.82. The number of carboxylic acid groups (broad SMARTS) is 1. The molecule has 0 radical (unpaired) electrons. The van der Waals surface area contributed by atoms with Crippen molar-refractivity contribution in [1.82, 2.24) is 0 Å². The highest BCUT2D eigenvalue weighted by atomic mass is 35.5. The number of fused-ring (bicyclic) bond motifs is 3. The van der Waals surface area contributed by atoms with Crippen LogP contribution in [0.4, 0.5) is 0 Å². The van der Waals surface area contributed by atoms with Gasteiger partial charge in [0.1, 0.15) is 0 Å². The molecule has 5 heteroatoms. The number of benzene rings is 1. The normalized spacial score (nSPS) is 28.0. The number of thiophene rings is 1. The molecule has 0 atom stereocenters. The standard InChI is InChI=1S/C20H23ClO3S/c21-15-3-4-17-16(10-15)14(12-25-17)11-24-20-8-6-19(13-20,7-9-20)5-1-2-18(22)23/h3-4,10,12H,1-2,5-9,11,13H2,(H,22,23). The van der Waals surface area contributed by atoms with Gasteiger partial charge in [-0.1, -0.05) is 11.6 Å². The van der Waals surface area contributed by atoms with Crippen LogP contribution in [0, 0.1) is 5.41 Å². The van der Waals surface area contributed by atoms with E-state index in [1.54, 1.807) is 11.3 Å². The molecule has 2 aliphatic carbocycles. The van der Waals surface area contributed by atoms with Crippen molar-refractivity contribution >= 4 is 39.0 Å². The van der Waals surface area contributed by atoms with E-state index in [1.807, 2.05) is 12.1 Å². The average Bonchev–Trinajstić information content (AvgIpc) is 3.24. The SMILES string of the molecule is O=C(O)CCCC12CCC(OCc3csc4ccc(Cl)cc34)(CC1)C2. The Balaban J connectivity index is 1.40. The van der Waals surface area contributed by atoms with Crippen LogP contribution in [0.5, 0.6) is 0 Å². The molecule has 25 heavy (non-hydrogen) atoms. The van der Waals surface area contributed by atoms with Crippen LogP contribution in [0.25, 0.3) is 10.1 Å². The lowest BCUT2D eigenvalue weighted by Crippen LogP contribution is -2.26. The summed E-state index contributed by atoms with van der Waals surface area (Å²) in [7, 11) is 0. The average molecular weight is 379 g/mol. The van der Waals surface area contributed by atoms with Crippen LogP contribution in [0.3, 0.4) is 0 Å². The zero-order valence-corrected chi connectivity index (χ0v) is 15.8. The Morgan fingerprint density at radius 1 is 1.28 bits per heavy atom. The highest BCUT2D eigenvalue weighted by Gasteiger charge is 2.54. The minimum Gasteiger partial charge on any atom is -0.481 e. The lowest BCUT2D eigenvalue weighted by Gasteiger charge is -2.28. The number of carbonyl (C=O) groups is 1. The van der Waals surface area contributed by atoms with E-state index < -0.39 is 5.97 Å². The van der Waals surface area contributed by atoms with Crippen molar-refractivity contribution in [1.29, 1.82) is 0 Å². The van der Waals surface area contributed by atoms with Crippen LogP contribution >= 0.6 is 22.9 Å². The van der Waals surface area contributed by atoms with E-state index in [0.717, 1.165) is 37.1 Å². The molecule has 1 aromatic heterocycles. The summed E-state index contributed by atoms with van der Waals surface area (Å²) in [5.41, 5.74) is 1.57. The van der Waals surface area contributed by atoms with Crippen molar-refractivity contribution in [2.45, 2.75) is 63.6 Å². The van der Waals surface area contributed by atoms with Crippen molar-refractivity contribution in [2.24, 2.45) is 5.41 Å². The van der Waals surface area contributed by atoms with E-state index in [-0.39, 0.29) is 12.0 Å². The Kier molecular flexibility index (Phi) is 4.55. The van der Waals surface area contributed by atoms with E-state index >= 15 is 0 Å². The Morgan fingerprint density at radius 3 is 2.84 bits per heavy atom. The van der Waals surface area contributed by atoms with Gasteiger partial charge in [-0.3, -0.25) is 4.79 Å². The monoisotopic (exact) mass is 378 g/mol. The lowest BCUT2D eigenvalue weighted by molar-refractivity contribution is -0.137. The van der Waals surface area contributed by atoms with Gasteiger partial charge in [0.2, 0.25) is 0 Å². The molecule has 2 fully saturated rings. The topological polar surface area (TPSA) is 46.5 Å². The van der Waals surface area contributed by atoms with Crippen LogP contribution in [0.15, 0.2) is 23.6 Å². The quantitative estimate of drug-likeness (QED) is 0.639. The van der Waals surface area contributed by atoms with Crippen molar-refractivity contribution in [3.63, 3.8) is 0 Å². The van der Waals surface area contributed by atoms with E-state index in [2.05, 4.69) is 11.4 Å². The molecule has 2 aromatic rings. The summed E-state index contributed by atoms with van der Waals surface area (Å²) in [4.78, 5) is 10.8. The predicted octanol–water partition coefficient (Wildman–Crippen LogP) is 6.03. The summed E-state index contributed by atoms with van der Waals surface area (Å²) in [6, 6.07) is 6.04. The summed E-state index contributed by atoms with van der Waals surface area (Å²) in [5.74, 6) is -0.682. The molecule has 2 bridgehead atoms. The molecular weight excluding hydrogens is 356 g/mol. The highest BCUT2D eigenvalue weighted by Crippen LogP contribution is 2.60. The van der Waals surface area contributed by atoms with Crippen LogP contribution in [0.1, 0.15) is 56.9 Å². The minimum atomic E-state index is -0.682. The molecule has 3 nitrogen and oxygen atoms in total. The first-order valence-corrected chi connectivity index (χ1v) is 10.3. The van der Waals surface area contributed by atoms with Gasteiger partial charge in [-0.05, 0) is 84.9 Å². The number of hydrogen-bond acceptors (Lipinski definition) is 3. The van der Waals surface area contributed by atoms with Crippen LogP contribution in [-0.4, -0.2) is 16.7 Å². The number of rotatable bonds is 7. The van der Waals surface area contributed by atoms with Gasteiger partial charge in [0.15, 0.2) is 0 Å². The van der Waals surface area contributed by atoms with Crippen LogP contribution in [0.2, 0.25) is 5.02 Å². The molecule has 0 aliphatic heterocycles. The number of ether oxygens (including phenoxy) is 1. The Labute approximate surface area is 156 Å². The first-order chi connectivity index (χ1) is 12.0. The maximum Gasteiger partial charge on any atom is 0.303 e. The van der Waals surface area contributed by atoms with Gasteiger partial charge in [0.05, 0.1) is 12.2 Å². The molecule has 2 aliphatic rings. The fraction of sp³-hybridized carbons (Fsp3) is 0.550. The maximum absolute atomic E-state index is 10.8. The Morgan fingerprint density at radius 2 is 2.08 bits per heavy atom. The van der Waals surface area contributed by atoms with E-state index in [1.165, 1.54) is 28.5 Å². The first kappa shape index (κ1) is 17.3. The van der Waals surface area contributed by atoms with Gasteiger partial charge in [-0.25, -0.2) is 0 Å². The highest BCUT2D eigenvalue weighted by molar-refractivity contribution is 7.17. The third kappa shape index (κ3) is 3.44. The van der Waals surface area contributed by atoms with Gasteiger partial charge >= 0.3 is 5.97 Å². The summed E-state index contributed by atoms with van der Waals surface area (Å²) in [6.07, 6.45) is 7.80. The molecule has 0 unspecified atom stereocenters. The molecule has 2 saturated carbocycles. The molecule has 1 aromatic carbocycles. The second-order valence-electron chi connectivity index (χ2n) is 7.80. The van der Waals surface area contributed by atoms with Crippen LogP contribution < -0.4 is 0 Å². The van der Waals surface area contributed by atoms with Crippen molar-refractivity contribution in [3.05, 3.63) is 34.2 Å². The Bertz CT molecular complexity index is 789. The molecule has 1 heterocycles. The zero-order valence-electron chi connectivity index (χ0n) is 14.2. The van der Waals surface area contributed by atoms with Gasteiger partial charge in [0, 0.05) is 16.1 Å². The van der Waals surface area contributed by atoms with E-state index in [0.29, 0.717) is 12.0 Å². The van der Waals surface area contributed by atoms with Gasteiger partial charge in [0.25, 0.3) is 0 Å². The number of halogens is 1. The first-order valence-electron chi connectivity index (χ1n) is 9.01. The van der Waals surface area contributed by atoms with Gasteiger partial charge in [-0.2, -0.15) is 0 Å². The number of aliphatic carboxylic acids is 1. The molecule has 0 spiro atoms. The summed E-state index contributed by atoms with van der Waals surface area (Å²) in [5, 5.41) is 13.0. The number of carboxylic acids is 1. The predicted molar refractivity (Wildman–Crippen MR) is 101 cm³/mol. The second-order valence-corrected chi connectivity index (χ2v) is 9.14. The molecule has 4 rings (SSSR count). The van der Waals surface area contributed by atoms with Crippen molar-refractivity contribution < 1.29 is 14.6 Å². The molecule has 0 saturated heterocycles. The van der Waals surface area contributed by atoms with Gasteiger partial charge in [-0.15, -0.1) is 11.3 Å². The summed E-state index contributed by atoms with van der Waals surface area (Å²) < 4.78 is 7.72. The molecule has 0 amide bonds. The van der Waals surface area contributed by atoms with Gasteiger partial charge < -0.3 is 9.84 Å². The Hall–Kier alpha value is -1.10. The zero-order chi connectivity index (χ0) is 17.5. The summed E-state index contributed by atoms with van der Waals surface area (Å²) >= 11 is 7.89. The van der Waals surface area contributed by atoms with E-state index in [9.17, 15) is 4.79 Å². The van der Waals surface area contributed by atoms with E-state index in [4.69, 9.17) is 21.4 Å². The molecular formula is C20H23ClO3S. The third-order valence-corrected chi connectivity index (χ3v) is 7.41. The fourth-order valence-corrected chi connectivity index (χ4v) is 5.92. The minimum absolute atomic E-state index is 0.00998. The molecule has 134 valence electrons. The lowest BCUT2D eigenvalue weighted by atomic mass is 9.80. The number of hydrogen-bond donors (Lipinski definition) is 1. The largest absolute Gasteiger partial charge is 0.481 e. The maximum atomic E-state index is 10.8. The third-order valence-electron chi connectivity index (χ3n) is 6.17. The molecule has 1 N–H and O–H groups in total.